The molecule has 0 aliphatic carbocycles. The van der Waals surface area contributed by atoms with Crippen molar-refractivity contribution >= 4 is 28.7 Å². The average molecular weight is 408 g/mol. The van der Waals surface area contributed by atoms with E-state index in [1.54, 1.807) is 0 Å². The number of nitrogen functional groups attached to an aromatic ring is 1. The summed E-state index contributed by atoms with van der Waals surface area (Å²) < 4.78 is 6.06. The SMILES string of the molecule is CN(CCc1cccc(N)c1)CCN1c2cc(Cl)ccc2COc2ccccc21. The number of fused-ring (bicyclic) bond motifs is 2. The molecule has 0 unspecified atom stereocenters. The molecule has 1 aliphatic rings. The third-order valence-electron chi connectivity index (χ3n) is 5.32. The molecule has 4 nitrogen and oxygen atoms in total. The summed E-state index contributed by atoms with van der Waals surface area (Å²) in [6, 6.07) is 22.3. The summed E-state index contributed by atoms with van der Waals surface area (Å²) in [6.07, 6.45) is 0.976. The smallest absolute Gasteiger partial charge is 0.143 e. The maximum atomic E-state index is 6.33. The fraction of sp³-hybridized carbons (Fsp3) is 0.250. The molecule has 1 aliphatic heterocycles. The number of ether oxygens (including phenoxy) is 1. The van der Waals surface area contributed by atoms with Gasteiger partial charge >= 0.3 is 0 Å². The first-order valence-electron chi connectivity index (χ1n) is 9.91. The van der Waals surface area contributed by atoms with Crippen molar-refractivity contribution < 1.29 is 4.74 Å². The summed E-state index contributed by atoms with van der Waals surface area (Å²) in [5, 5.41) is 0.739. The normalized spacial score (nSPS) is 12.9. The molecule has 3 aromatic carbocycles. The second-order valence-electron chi connectivity index (χ2n) is 7.48. The van der Waals surface area contributed by atoms with Gasteiger partial charge in [0.1, 0.15) is 12.4 Å². The average Bonchev–Trinajstić information content (AvgIpc) is 2.87. The second kappa shape index (κ2) is 8.76. The third kappa shape index (κ3) is 4.66. The molecule has 0 aromatic heterocycles. The van der Waals surface area contributed by atoms with Crippen LogP contribution in [0.3, 0.4) is 0 Å². The number of hydrogen-bond donors (Lipinski definition) is 1. The predicted octanol–water partition coefficient (Wildman–Crippen LogP) is 5.13. The zero-order chi connectivity index (χ0) is 20.2. The van der Waals surface area contributed by atoms with Crippen LogP contribution in [0.4, 0.5) is 17.1 Å². The Morgan fingerprint density at radius 1 is 1.00 bits per heavy atom. The summed E-state index contributed by atoms with van der Waals surface area (Å²) in [4.78, 5) is 4.67. The molecule has 0 bridgehead atoms. The Bertz CT molecular complexity index is 991. The van der Waals surface area contributed by atoms with Crippen molar-refractivity contribution in [1.82, 2.24) is 4.90 Å². The number of nitrogens with zero attached hydrogens (tertiary/aromatic N) is 2. The molecule has 29 heavy (non-hydrogen) atoms. The Labute approximate surface area is 177 Å². The Morgan fingerprint density at radius 3 is 2.72 bits per heavy atom. The number of para-hydroxylation sites is 2. The van der Waals surface area contributed by atoms with Gasteiger partial charge in [0, 0.05) is 41.6 Å². The molecule has 0 spiro atoms. The molecule has 1 heterocycles. The summed E-state index contributed by atoms with van der Waals surface area (Å²) in [7, 11) is 2.16. The quantitative estimate of drug-likeness (QED) is 0.575. The van der Waals surface area contributed by atoms with Crippen LogP contribution >= 0.6 is 11.6 Å². The van der Waals surface area contributed by atoms with Crippen LogP contribution in [0.1, 0.15) is 11.1 Å². The highest BCUT2D eigenvalue weighted by atomic mass is 35.5. The van der Waals surface area contributed by atoms with Crippen molar-refractivity contribution in [2.75, 3.05) is 37.3 Å². The van der Waals surface area contributed by atoms with E-state index in [9.17, 15) is 0 Å². The van der Waals surface area contributed by atoms with E-state index in [2.05, 4.69) is 41.1 Å². The van der Waals surface area contributed by atoms with Crippen LogP contribution in [0.2, 0.25) is 5.02 Å². The van der Waals surface area contributed by atoms with Crippen LogP contribution in [-0.4, -0.2) is 31.6 Å². The number of hydrogen-bond acceptors (Lipinski definition) is 4. The largest absolute Gasteiger partial charge is 0.487 e. The molecule has 0 saturated carbocycles. The van der Waals surface area contributed by atoms with Crippen molar-refractivity contribution in [3.8, 4) is 5.75 Å². The lowest BCUT2D eigenvalue weighted by Crippen LogP contribution is -2.32. The van der Waals surface area contributed by atoms with E-state index < -0.39 is 0 Å². The lowest BCUT2D eigenvalue weighted by Gasteiger charge is -2.28. The Hall–Kier alpha value is -2.69. The minimum absolute atomic E-state index is 0.547. The fourth-order valence-electron chi connectivity index (χ4n) is 3.69. The second-order valence-corrected chi connectivity index (χ2v) is 7.92. The van der Waals surface area contributed by atoms with E-state index in [1.807, 2.05) is 42.5 Å². The van der Waals surface area contributed by atoms with Crippen LogP contribution in [-0.2, 0) is 13.0 Å². The van der Waals surface area contributed by atoms with E-state index in [0.29, 0.717) is 6.61 Å². The molecule has 4 rings (SSSR count). The van der Waals surface area contributed by atoms with Crippen molar-refractivity contribution in [2.24, 2.45) is 0 Å². The molecule has 5 heteroatoms. The first-order chi connectivity index (χ1) is 14.1. The predicted molar refractivity (Wildman–Crippen MR) is 121 cm³/mol. The summed E-state index contributed by atoms with van der Waals surface area (Å²) in [6.45, 7) is 3.28. The monoisotopic (exact) mass is 407 g/mol. The van der Waals surface area contributed by atoms with Gasteiger partial charge in [-0.2, -0.15) is 0 Å². The van der Waals surface area contributed by atoms with Crippen LogP contribution < -0.4 is 15.4 Å². The Morgan fingerprint density at radius 2 is 1.86 bits per heavy atom. The van der Waals surface area contributed by atoms with Gasteiger partial charge < -0.3 is 20.3 Å². The number of nitrogens with two attached hydrogens (primary N) is 1. The molecule has 0 radical (unpaired) electrons. The zero-order valence-electron chi connectivity index (χ0n) is 16.6. The highest BCUT2D eigenvalue weighted by Crippen LogP contribution is 2.40. The van der Waals surface area contributed by atoms with Crippen molar-refractivity contribution in [3.63, 3.8) is 0 Å². The summed E-state index contributed by atoms with van der Waals surface area (Å²) in [5.74, 6) is 0.905. The molecule has 3 aromatic rings. The number of rotatable bonds is 6. The molecule has 2 N–H and O–H groups in total. The number of anilines is 3. The highest BCUT2D eigenvalue weighted by molar-refractivity contribution is 6.30. The first-order valence-corrected chi connectivity index (χ1v) is 10.3. The van der Waals surface area contributed by atoms with Gasteiger partial charge in [-0.3, -0.25) is 0 Å². The highest BCUT2D eigenvalue weighted by Gasteiger charge is 2.22. The lowest BCUT2D eigenvalue weighted by molar-refractivity contribution is 0.310. The minimum Gasteiger partial charge on any atom is -0.487 e. The molecular formula is C24H26ClN3O. The maximum Gasteiger partial charge on any atom is 0.143 e. The maximum absolute atomic E-state index is 6.33. The van der Waals surface area contributed by atoms with E-state index in [0.717, 1.165) is 59.5 Å². The standard InChI is InChI=1S/C24H26ClN3O/c1-27(12-11-18-5-4-6-21(26)15-18)13-14-28-22-7-2-3-8-24(22)29-17-19-9-10-20(25)16-23(19)28/h2-10,15-16H,11-14,17,26H2,1H3. The van der Waals surface area contributed by atoms with Gasteiger partial charge in [-0.1, -0.05) is 41.9 Å². The topological polar surface area (TPSA) is 41.7 Å². The van der Waals surface area contributed by atoms with Gasteiger partial charge in [0.2, 0.25) is 0 Å². The Balaban J connectivity index is 1.49. The van der Waals surface area contributed by atoms with Gasteiger partial charge in [0.15, 0.2) is 0 Å². The van der Waals surface area contributed by atoms with Gasteiger partial charge in [0.05, 0.1) is 5.69 Å². The molecule has 0 saturated heterocycles. The first kappa shape index (κ1) is 19.6. The lowest BCUT2D eigenvalue weighted by atomic mass is 10.1. The van der Waals surface area contributed by atoms with E-state index in [4.69, 9.17) is 22.1 Å². The summed E-state index contributed by atoms with van der Waals surface area (Å²) in [5.41, 5.74) is 11.3. The fourth-order valence-corrected chi connectivity index (χ4v) is 3.86. The molecular weight excluding hydrogens is 382 g/mol. The van der Waals surface area contributed by atoms with Gasteiger partial charge in [-0.15, -0.1) is 0 Å². The van der Waals surface area contributed by atoms with E-state index in [-0.39, 0.29) is 0 Å². The minimum atomic E-state index is 0.547. The Kier molecular flexibility index (Phi) is 5.93. The van der Waals surface area contributed by atoms with Crippen LogP contribution in [0.5, 0.6) is 5.75 Å². The number of benzene rings is 3. The molecule has 0 amide bonds. The van der Waals surface area contributed by atoms with Crippen LogP contribution in [0, 0.1) is 0 Å². The van der Waals surface area contributed by atoms with Gasteiger partial charge in [-0.25, -0.2) is 0 Å². The molecule has 0 fully saturated rings. The third-order valence-corrected chi connectivity index (χ3v) is 5.55. The molecule has 150 valence electrons. The van der Waals surface area contributed by atoms with Crippen LogP contribution in [0.15, 0.2) is 66.7 Å². The number of halogens is 1. The zero-order valence-corrected chi connectivity index (χ0v) is 17.4. The van der Waals surface area contributed by atoms with Gasteiger partial charge in [0.25, 0.3) is 0 Å². The van der Waals surface area contributed by atoms with E-state index in [1.165, 1.54) is 5.56 Å². The van der Waals surface area contributed by atoms with Crippen molar-refractivity contribution in [1.29, 1.82) is 0 Å². The van der Waals surface area contributed by atoms with Crippen molar-refractivity contribution in [3.05, 3.63) is 82.9 Å². The number of likely N-dealkylation sites (N-methyl/N-ethyl adjacent to an activating group) is 1. The summed E-state index contributed by atoms with van der Waals surface area (Å²) >= 11 is 6.33. The molecule has 0 atom stereocenters. The van der Waals surface area contributed by atoms with Gasteiger partial charge in [-0.05, 0) is 55.4 Å². The van der Waals surface area contributed by atoms with Crippen LogP contribution in [0.25, 0.3) is 0 Å². The van der Waals surface area contributed by atoms with Crippen molar-refractivity contribution in [2.45, 2.75) is 13.0 Å². The van der Waals surface area contributed by atoms with E-state index >= 15 is 0 Å².